The minimum atomic E-state index is -2.79. The Bertz CT molecular complexity index is 70.9. The van der Waals surface area contributed by atoms with Crippen molar-refractivity contribution in [3.05, 3.63) is 0 Å². The molecule has 0 rings (SSSR count). The molecular formula is C4H9F2NS. The van der Waals surface area contributed by atoms with Gasteiger partial charge in [0.2, 0.25) is 0 Å². The van der Waals surface area contributed by atoms with Crippen LogP contribution in [0.4, 0.5) is 8.78 Å². The Morgan fingerprint density at radius 1 is 1.75 bits per heavy atom. The van der Waals surface area contributed by atoms with Crippen LogP contribution < -0.4 is 5.73 Å². The van der Waals surface area contributed by atoms with Crippen LogP contribution in [-0.2, 0) is 0 Å². The van der Waals surface area contributed by atoms with Crippen LogP contribution in [0.1, 0.15) is 6.92 Å². The summed E-state index contributed by atoms with van der Waals surface area (Å²) in [6.07, 6.45) is 0. The van der Waals surface area contributed by atoms with Crippen molar-refractivity contribution in [3.8, 4) is 0 Å². The first-order chi connectivity index (χ1) is 3.48. The van der Waals surface area contributed by atoms with Crippen LogP contribution in [0.2, 0.25) is 0 Å². The average Bonchev–Trinajstić information content (AvgIpc) is 1.62. The van der Waals surface area contributed by atoms with Crippen molar-refractivity contribution in [3.63, 3.8) is 0 Å². The summed E-state index contributed by atoms with van der Waals surface area (Å²) in [6.45, 7) is 0.786. The largest absolute Gasteiger partial charge is 0.322 e. The van der Waals surface area contributed by atoms with Gasteiger partial charge in [0.05, 0.1) is 6.04 Å². The molecule has 0 bridgehead atoms. The van der Waals surface area contributed by atoms with E-state index in [1.165, 1.54) is 0 Å². The van der Waals surface area contributed by atoms with Crippen LogP contribution in [0.3, 0.4) is 0 Å². The summed E-state index contributed by atoms with van der Waals surface area (Å²) in [5.74, 6) is -2.77. The van der Waals surface area contributed by atoms with Crippen LogP contribution >= 0.6 is 12.6 Å². The lowest BCUT2D eigenvalue weighted by Gasteiger charge is -2.15. The van der Waals surface area contributed by atoms with Crippen LogP contribution in [0.5, 0.6) is 0 Å². The molecule has 1 atom stereocenters. The van der Waals surface area contributed by atoms with E-state index in [4.69, 9.17) is 5.73 Å². The zero-order chi connectivity index (χ0) is 6.78. The minimum absolute atomic E-state index is 0.0174. The second-order valence-corrected chi connectivity index (χ2v) is 2.11. The monoisotopic (exact) mass is 141 g/mol. The first-order valence-corrected chi connectivity index (χ1v) is 2.86. The highest BCUT2D eigenvalue weighted by Gasteiger charge is 2.28. The van der Waals surface area contributed by atoms with Crippen LogP contribution in [0.25, 0.3) is 0 Å². The first kappa shape index (κ1) is 8.17. The number of thiol groups is 1. The van der Waals surface area contributed by atoms with E-state index in [9.17, 15) is 8.78 Å². The van der Waals surface area contributed by atoms with E-state index in [1.54, 1.807) is 0 Å². The Kier molecular flexibility index (Phi) is 2.70. The van der Waals surface area contributed by atoms with Gasteiger partial charge in [0.15, 0.2) is 0 Å². The maximum Gasteiger partial charge on any atom is 0.260 e. The quantitative estimate of drug-likeness (QED) is 0.549. The molecule has 50 valence electrons. The van der Waals surface area contributed by atoms with E-state index in [1.807, 2.05) is 0 Å². The van der Waals surface area contributed by atoms with Gasteiger partial charge < -0.3 is 5.73 Å². The maximum atomic E-state index is 11.9. The SMILES string of the molecule is CC(F)(F)C(N)CS. The van der Waals surface area contributed by atoms with Gasteiger partial charge in [0.25, 0.3) is 5.92 Å². The third-order valence-electron chi connectivity index (χ3n) is 0.848. The van der Waals surface area contributed by atoms with Gasteiger partial charge in [-0.25, -0.2) is 8.78 Å². The Morgan fingerprint density at radius 3 is 2.12 bits per heavy atom. The van der Waals surface area contributed by atoms with E-state index in [-0.39, 0.29) is 5.75 Å². The molecule has 0 saturated carbocycles. The normalized spacial score (nSPS) is 16.1. The molecule has 0 amide bonds. The smallest absolute Gasteiger partial charge is 0.260 e. The third kappa shape index (κ3) is 2.47. The Hall–Kier alpha value is 0.170. The Labute approximate surface area is 52.7 Å². The summed E-state index contributed by atoms with van der Waals surface area (Å²) in [5.41, 5.74) is 4.92. The molecule has 0 aromatic rings. The molecule has 0 aliphatic carbocycles. The van der Waals surface area contributed by atoms with E-state index >= 15 is 0 Å². The van der Waals surface area contributed by atoms with Gasteiger partial charge in [-0.3, -0.25) is 0 Å². The highest BCUT2D eigenvalue weighted by atomic mass is 32.1. The van der Waals surface area contributed by atoms with Crippen molar-refractivity contribution in [1.82, 2.24) is 0 Å². The van der Waals surface area contributed by atoms with E-state index in [2.05, 4.69) is 12.6 Å². The molecule has 4 heteroatoms. The molecule has 2 N–H and O–H groups in total. The molecule has 0 aliphatic rings. The second-order valence-electron chi connectivity index (χ2n) is 1.75. The van der Waals surface area contributed by atoms with Crippen molar-refractivity contribution in [2.45, 2.75) is 18.9 Å². The van der Waals surface area contributed by atoms with Gasteiger partial charge in [0, 0.05) is 12.7 Å². The van der Waals surface area contributed by atoms with E-state index in [0.717, 1.165) is 6.92 Å². The standard InChI is InChI=1S/C4H9F2NS/c1-4(5,6)3(7)2-8/h3,8H,2,7H2,1H3. The third-order valence-corrected chi connectivity index (χ3v) is 1.24. The molecule has 8 heavy (non-hydrogen) atoms. The molecule has 0 aromatic heterocycles. The topological polar surface area (TPSA) is 26.0 Å². The van der Waals surface area contributed by atoms with E-state index < -0.39 is 12.0 Å². The summed E-state index contributed by atoms with van der Waals surface area (Å²) in [4.78, 5) is 0. The summed E-state index contributed by atoms with van der Waals surface area (Å²) in [6, 6.07) is -1.12. The van der Waals surface area contributed by atoms with Gasteiger partial charge in [-0.05, 0) is 0 Å². The lowest BCUT2D eigenvalue weighted by atomic mass is 10.2. The molecule has 0 heterocycles. The zero-order valence-electron chi connectivity index (χ0n) is 4.56. The predicted molar refractivity (Wildman–Crippen MR) is 32.4 cm³/mol. The van der Waals surface area contributed by atoms with Gasteiger partial charge in [-0.2, -0.15) is 12.6 Å². The Balaban J connectivity index is 3.62. The molecule has 0 saturated heterocycles. The fraction of sp³-hybridized carbons (Fsp3) is 1.00. The molecule has 0 aliphatic heterocycles. The molecule has 1 unspecified atom stereocenters. The highest BCUT2D eigenvalue weighted by molar-refractivity contribution is 7.80. The molecular weight excluding hydrogens is 132 g/mol. The van der Waals surface area contributed by atoms with Crippen molar-refractivity contribution < 1.29 is 8.78 Å². The van der Waals surface area contributed by atoms with Crippen molar-refractivity contribution in [2.75, 3.05) is 5.75 Å². The van der Waals surface area contributed by atoms with Crippen LogP contribution in [0.15, 0.2) is 0 Å². The molecule has 0 fully saturated rings. The van der Waals surface area contributed by atoms with Crippen molar-refractivity contribution in [1.29, 1.82) is 0 Å². The fourth-order valence-corrected chi connectivity index (χ4v) is 0.481. The molecule has 0 aromatic carbocycles. The Morgan fingerprint density at radius 2 is 2.12 bits per heavy atom. The fourth-order valence-electron chi connectivity index (χ4n) is 0.160. The number of halogens is 2. The lowest BCUT2D eigenvalue weighted by molar-refractivity contribution is 0.00211. The predicted octanol–water partition coefficient (Wildman–Crippen LogP) is 0.899. The number of rotatable bonds is 2. The summed E-state index contributed by atoms with van der Waals surface area (Å²) < 4.78 is 23.9. The number of alkyl halides is 2. The van der Waals surface area contributed by atoms with E-state index in [0.29, 0.717) is 0 Å². The second kappa shape index (κ2) is 2.64. The van der Waals surface area contributed by atoms with Gasteiger partial charge in [-0.1, -0.05) is 0 Å². The van der Waals surface area contributed by atoms with Gasteiger partial charge >= 0.3 is 0 Å². The van der Waals surface area contributed by atoms with Gasteiger partial charge in [-0.15, -0.1) is 0 Å². The summed E-state index contributed by atoms with van der Waals surface area (Å²) in [5, 5.41) is 0. The number of hydrogen-bond acceptors (Lipinski definition) is 2. The molecule has 0 radical (unpaired) electrons. The highest BCUT2D eigenvalue weighted by Crippen LogP contribution is 2.15. The number of nitrogens with two attached hydrogens (primary N) is 1. The maximum absolute atomic E-state index is 11.9. The van der Waals surface area contributed by atoms with Crippen LogP contribution in [-0.4, -0.2) is 17.7 Å². The summed E-state index contributed by atoms with van der Waals surface area (Å²) in [7, 11) is 0. The molecule has 0 spiro atoms. The lowest BCUT2D eigenvalue weighted by Crippen LogP contribution is -2.39. The first-order valence-electron chi connectivity index (χ1n) is 2.22. The average molecular weight is 141 g/mol. The number of hydrogen-bond donors (Lipinski definition) is 2. The van der Waals surface area contributed by atoms with Crippen molar-refractivity contribution >= 4 is 12.6 Å². The van der Waals surface area contributed by atoms with Crippen LogP contribution in [0, 0.1) is 0 Å². The van der Waals surface area contributed by atoms with Gasteiger partial charge in [0.1, 0.15) is 0 Å². The minimum Gasteiger partial charge on any atom is -0.322 e. The zero-order valence-corrected chi connectivity index (χ0v) is 5.46. The summed E-state index contributed by atoms with van der Waals surface area (Å²) >= 11 is 3.60. The van der Waals surface area contributed by atoms with Crippen molar-refractivity contribution in [2.24, 2.45) is 5.73 Å². The molecule has 1 nitrogen and oxygen atoms in total.